The van der Waals surface area contributed by atoms with E-state index in [1.54, 1.807) is 11.0 Å². The highest BCUT2D eigenvalue weighted by Gasteiger charge is 2.48. The molecule has 2 saturated heterocycles. The molecular formula is C21H25F3N4O2. The molecule has 9 heteroatoms. The molecule has 6 nitrogen and oxygen atoms in total. The number of piperidine rings is 1. The Bertz CT molecular complexity index is 870. The van der Waals surface area contributed by atoms with Gasteiger partial charge in [0.25, 0.3) is 0 Å². The van der Waals surface area contributed by atoms with Gasteiger partial charge in [0.05, 0.1) is 17.2 Å². The van der Waals surface area contributed by atoms with Crippen LogP contribution in [0.25, 0.3) is 0 Å². The molecule has 1 N–H and O–H groups in total. The summed E-state index contributed by atoms with van der Waals surface area (Å²) in [5.74, 6) is -0.165. The lowest BCUT2D eigenvalue weighted by atomic mass is 9.76. The number of nitrogens with zero attached hydrogens (tertiary/aromatic N) is 3. The number of nitrogens with one attached hydrogen (secondary N) is 1. The minimum Gasteiger partial charge on any atom is -0.359 e. The monoisotopic (exact) mass is 422 g/mol. The summed E-state index contributed by atoms with van der Waals surface area (Å²) in [6, 6.07) is 4.58. The first-order valence-corrected chi connectivity index (χ1v) is 10.0. The summed E-state index contributed by atoms with van der Waals surface area (Å²) in [7, 11) is 1.51. The van der Waals surface area contributed by atoms with Gasteiger partial charge in [-0.3, -0.25) is 9.59 Å². The molecular weight excluding hydrogens is 397 g/mol. The maximum Gasteiger partial charge on any atom is 0.417 e. The second-order valence-electron chi connectivity index (χ2n) is 8.04. The van der Waals surface area contributed by atoms with Crippen LogP contribution in [0.15, 0.2) is 18.2 Å². The van der Waals surface area contributed by atoms with Gasteiger partial charge in [0, 0.05) is 38.8 Å². The molecule has 1 spiro atoms. The third kappa shape index (κ3) is 4.09. The lowest BCUT2D eigenvalue weighted by molar-refractivity contribution is -0.137. The lowest BCUT2D eigenvalue weighted by Gasteiger charge is -2.39. The molecule has 3 rings (SSSR count). The van der Waals surface area contributed by atoms with E-state index in [0.717, 1.165) is 12.1 Å². The number of likely N-dealkylation sites (tertiary alicyclic amines) is 1. The Morgan fingerprint density at radius 1 is 1.30 bits per heavy atom. The van der Waals surface area contributed by atoms with Crippen molar-refractivity contribution in [3.8, 4) is 6.07 Å². The molecule has 0 saturated carbocycles. The normalized spacial score (nSPS) is 20.9. The molecule has 2 aliphatic heterocycles. The Labute approximate surface area is 173 Å². The van der Waals surface area contributed by atoms with Gasteiger partial charge in [-0.2, -0.15) is 18.4 Å². The molecule has 2 aliphatic rings. The second-order valence-corrected chi connectivity index (χ2v) is 8.04. The SMILES string of the molecule is CCC(=O)N1CCC2(CC1)CC(C(=O)NC)N(c1ccc(C#N)c(C(F)(F)F)c1)C2. The predicted molar refractivity (Wildman–Crippen MR) is 105 cm³/mol. The molecule has 0 bridgehead atoms. The fourth-order valence-corrected chi connectivity index (χ4v) is 4.59. The molecule has 2 heterocycles. The maximum absolute atomic E-state index is 13.4. The van der Waals surface area contributed by atoms with Crippen LogP contribution in [0.3, 0.4) is 0 Å². The van der Waals surface area contributed by atoms with Gasteiger partial charge < -0.3 is 15.1 Å². The molecule has 1 aromatic rings. The zero-order valence-corrected chi connectivity index (χ0v) is 17.1. The van der Waals surface area contributed by atoms with E-state index in [-0.39, 0.29) is 22.9 Å². The van der Waals surface area contributed by atoms with Gasteiger partial charge in [-0.25, -0.2) is 0 Å². The van der Waals surface area contributed by atoms with Crippen LogP contribution >= 0.6 is 0 Å². The molecule has 30 heavy (non-hydrogen) atoms. The van der Waals surface area contributed by atoms with Crippen molar-refractivity contribution >= 4 is 17.5 Å². The van der Waals surface area contributed by atoms with E-state index >= 15 is 0 Å². The maximum atomic E-state index is 13.4. The summed E-state index contributed by atoms with van der Waals surface area (Å²) in [5, 5.41) is 11.7. The molecule has 1 unspecified atom stereocenters. The van der Waals surface area contributed by atoms with Gasteiger partial charge in [-0.1, -0.05) is 6.92 Å². The number of hydrogen-bond acceptors (Lipinski definition) is 4. The summed E-state index contributed by atoms with van der Waals surface area (Å²) in [6.07, 6.45) is -2.31. The van der Waals surface area contributed by atoms with Crippen molar-refractivity contribution in [3.05, 3.63) is 29.3 Å². The molecule has 1 atom stereocenters. The molecule has 0 radical (unpaired) electrons. The number of rotatable bonds is 3. The highest BCUT2D eigenvalue weighted by Crippen LogP contribution is 2.46. The quantitative estimate of drug-likeness (QED) is 0.813. The van der Waals surface area contributed by atoms with Gasteiger partial charge >= 0.3 is 6.18 Å². The minimum atomic E-state index is -4.66. The van der Waals surface area contributed by atoms with Gasteiger partial charge in [0.2, 0.25) is 11.8 Å². The molecule has 0 aliphatic carbocycles. The number of alkyl halides is 3. The van der Waals surface area contributed by atoms with Crippen LogP contribution in [0.4, 0.5) is 18.9 Å². The number of halogens is 3. The van der Waals surface area contributed by atoms with Crippen LogP contribution in [-0.4, -0.2) is 49.4 Å². The number of carbonyl (C=O) groups excluding carboxylic acids is 2. The zero-order valence-electron chi connectivity index (χ0n) is 17.1. The highest BCUT2D eigenvalue weighted by molar-refractivity contribution is 5.86. The summed E-state index contributed by atoms with van der Waals surface area (Å²) in [5.41, 5.74) is -1.40. The largest absolute Gasteiger partial charge is 0.417 e. The van der Waals surface area contributed by atoms with Gasteiger partial charge in [-0.15, -0.1) is 0 Å². The number of carbonyl (C=O) groups is 2. The number of nitriles is 1. The van der Waals surface area contributed by atoms with Crippen LogP contribution in [0.1, 0.15) is 43.7 Å². The van der Waals surface area contributed by atoms with Crippen LogP contribution in [0.2, 0.25) is 0 Å². The third-order valence-corrected chi connectivity index (χ3v) is 6.30. The van der Waals surface area contributed by atoms with E-state index in [9.17, 15) is 22.8 Å². The Morgan fingerprint density at radius 2 is 1.97 bits per heavy atom. The van der Waals surface area contributed by atoms with E-state index in [1.807, 2.05) is 11.8 Å². The molecule has 0 aromatic heterocycles. The van der Waals surface area contributed by atoms with E-state index in [0.29, 0.717) is 45.3 Å². The first-order chi connectivity index (χ1) is 14.1. The van der Waals surface area contributed by atoms with Crippen molar-refractivity contribution in [2.45, 2.75) is 44.8 Å². The van der Waals surface area contributed by atoms with Crippen molar-refractivity contribution in [3.63, 3.8) is 0 Å². The van der Waals surface area contributed by atoms with Crippen molar-refractivity contribution in [1.29, 1.82) is 5.26 Å². The van der Waals surface area contributed by atoms with E-state index in [1.165, 1.54) is 13.1 Å². The van der Waals surface area contributed by atoms with Gasteiger partial charge in [-0.05, 0) is 42.9 Å². The van der Waals surface area contributed by atoms with Gasteiger partial charge in [0.1, 0.15) is 6.04 Å². The Morgan fingerprint density at radius 3 is 2.50 bits per heavy atom. The Kier molecular flexibility index (Phi) is 5.97. The summed E-state index contributed by atoms with van der Waals surface area (Å²) >= 11 is 0. The number of likely N-dealkylation sites (N-methyl/N-ethyl adjacent to an activating group) is 1. The first kappa shape index (κ1) is 21.9. The highest BCUT2D eigenvalue weighted by atomic mass is 19.4. The summed E-state index contributed by atoms with van der Waals surface area (Å²) < 4.78 is 40.3. The smallest absolute Gasteiger partial charge is 0.359 e. The standard InChI is InChI=1S/C21H25F3N4O2/c1-3-18(29)27-8-6-20(7-9-27)11-17(19(30)26-2)28(13-20)15-5-4-14(12-25)16(10-15)21(22,23)24/h4-5,10,17H,3,6-9,11,13H2,1-2H3,(H,26,30). The van der Waals surface area contributed by atoms with Crippen LogP contribution in [0, 0.1) is 16.7 Å². The molecule has 2 amide bonds. The number of anilines is 1. The van der Waals surface area contributed by atoms with E-state index < -0.39 is 23.3 Å². The minimum absolute atomic E-state index is 0.0875. The van der Waals surface area contributed by atoms with E-state index in [2.05, 4.69) is 5.32 Å². The molecule has 1 aromatic carbocycles. The average Bonchev–Trinajstić information content (AvgIpc) is 3.11. The van der Waals surface area contributed by atoms with E-state index in [4.69, 9.17) is 5.26 Å². The van der Waals surface area contributed by atoms with Crippen LogP contribution in [0.5, 0.6) is 0 Å². The molecule has 162 valence electrons. The van der Waals surface area contributed by atoms with Crippen molar-refractivity contribution in [2.24, 2.45) is 5.41 Å². The van der Waals surface area contributed by atoms with Gasteiger partial charge in [0.15, 0.2) is 0 Å². The Balaban J connectivity index is 1.91. The second kappa shape index (κ2) is 8.17. The van der Waals surface area contributed by atoms with Crippen LogP contribution < -0.4 is 10.2 Å². The topological polar surface area (TPSA) is 76.4 Å². The predicted octanol–water partition coefficient (Wildman–Crippen LogP) is 2.92. The van der Waals surface area contributed by atoms with Crippen LogP contribution in [-0.2, 0) is 15.8 Å². The summed E-state index contributed by atoms with van der Waals surface area (Å²) in [4.78, 5) is 28.1. The molecule has 2 fully saturated rings. The third-order valence-electron chi connectivity index (χ3n) is 6.30. The number of hydrogen-bond donors (Lipinski definition) is 1. The number of benzene rings is 1. The lowest BCUT2D eigenvalue weighted by Crippen LogP contribution is -2.44. The Hall–Kier alpha value is -2.76. The fourth-order valence-electron chi connectivity index (χ4n) is 4.59. The van der Waals surface area contributed by atoms with Crippen molar-refractivity contribution in [2.75, 3.05) is 31.6 Å². The average molecular weight is 422 g/mol. The summed E-state index contributed by atoms with van der Waals surface area (Å²) in [6.45, 7) is 3.42. The van der Waals surface area contributed by atoms with Crippen molar-refractivity contribution in [1.82, 2.24) is 10.2 Å². The zero-order chi connectivity index (χ0) is 22.1. The fraction of sp³-hybridized carbons (Fsp3) is 0.571. The van der Waals surface area contributed by atoms with Crippen molar-refractivity contribution < 1.29 is 22.8 Å². The first-order valence-electron chi connectivity index (χ1n) is 10.0. The number of amides is 2.